The summed E-state index contributed by atoms with van der Waals surface area (Å²) in [6.45, 7) is 2.71. The first kappa shape index (κ1) is 15.2. The molecule has 3 rings (SSSR count). The van der Waals surface area contributed by atoms with Crippen molar-refractivity contribution in [1.82, 2.24) is 0 Å². The highest BCUT2D eigenvalue weighted by Gasteiger charge is 2.36. The number of anilines is 1. The lowest BCUT2D eigenvalue weighted by Crippen LogP contribution is -2.29. The van der Waals surface area contributed by atoms with Gasteiger partial charge in [-0.25, -0.2) is 9.29 Å². The average Bonchev–Trinajstić information content (AvgIpc) is 2.79. The van der Waals surface area contributed by atoms with E-state index in [1.165, 1.54) is 12.1 Å². The number of nitrogens with zero attached hydrogens (tertiary/aromatic N) is 1. The van der Waals surface area contributed by atoms with Crippen LogP contribution in [0.4, 0.5) is 10.1 Å². The highest BCUT2D eigenvalue weighted by Crippen LogP contribution is 2.30. The third-order valence-corrected chi connectivity index (χ3v) is 3.71. The van der Waals surface area contributed by atoms with Gasteiger partial charge in [-0.15, -0.1) is 0 Å². The standard InChI is InChI=1S/C18H16FNO3/c1-2-3-10-23-14-7-5-13(6-8-14)20-17(21)15-9-4-12(19)11-16(15)18(20)22/h4-9,11H,2-3,10H2,1H3. The van der Waals surface area contributed by atoms with Crippen molar-refractivity contribution in [2.45, 2.75) is 19.8 Å². The fourth-order valence-corrected chi connectivity index (χ4v) is 2.47. The Kier molecular flexibility index (Phi) is 4.10. The Morgan fingerprint density at radius 3 is 2.39 bits per heavy atom. The lowest BCUT2D eigenvalue weighted by molar-refractivity contribution is 0.0926. The van der Waals surface area contributed by atoms with E-state index in [9.17, 15) is 14.0 Å². The quantitative estimate of drug-likeness (QED) is 0.623. The summed E-state index contributed by atoms with van der Waals surface area (Å²) < 4.78 is 18.9. The topological polar surface area (TPSA) is 46.6 Å². The lowest BCUT2D eigenvalue weighted by Gasteiger charge is -2.14. The van der Waals surface area contributed by atoms with Gasteiger partial charge in [0.1, 0.15) is 11.6 Å². The molecule has 0 unspecified atom stereocenters. The number of ether oxygens (including phenoxy) is 1. The number of hydrogen-bond donors (Lipinski definition) is 0. The molecule has 0 fully saturated rings. The molecule has 0 spiro atoms. The molecule has 1 aliphatic heterocycles. The number of benzene rings is 2. The number of fused-ring (bicyclic) bond motifs is 1. The Morgan fingerprint density at radius 2 is 1.70 bits per heavy atom. The molecule has 1 aliphatic rings. The number of halogens is 1. The van der Waals surface area contributed by atoms with E-state index in [0.29, 0.717) is 18.0 Å². The van der Waals surface area contributed by atoms with Gasteiger partial charge in [0.25, 0.3) is 11.8 Å². The molecule has 0 saturated heterocycles. The van der Waals surface area contributed by atoms with E-state index in [-0.39, 0.29) is 11.1 Å². The van der Waals surface area contributed by atoms with Crippen molar-refractivity contribution >= 4 is 17.5 Å². The molecule has 5 heteroatoms. The van der Waals surface area contributed by atoms with Crippen LogP contribution in [0, 0.1) is 5.82 Å². The molecule has 118 valence electrons. The van der Waals surface area contributed by atoms with E-state index in [4.69, 9.17) is 4.74 Å². The van der Waals surface area contributed by atoms with Crippen molar-refractivity contribution < 1.29 is 18.7 Å². The first-order chi connectivity index (χ1) is 11.1. The highest BCUT2D eigenvalue weighted by atomic mass is 19.1. The SMILES string of the molecule is CCCCOc1ccc(N2C(=O)c3ccc(F)cc3C2=O)cc1. The second-order valence-corrected chi connectivity index (χ2v) is 5.33. The summed E-state index contributed by atoms with van der Waals surface area (Å²) in [5.74, 6) is -0.801. The van der Waals surface area contributed by atoms with Gasteiger partial charge in [0.2, 0.25) is 0 Å². The summed E-state index contributed by atoms with van der Waals surface area (Å²) >= 11 is 0. The summed E-state index contributed by atoms with van der Waals surface area (Å²) in [7, 11) is 0. The van der Waals surface area contributed by atoms with Crippen molar-refractivity contribution in [3.05, 3.63) is 59.4 Å². The predicted octanol–water partition coefficient (Wildman–Crippen LogP) is 3.81. The minimum atomic E-state index is -0.536. The number of unbranched alkanes of at least 4 members (excludes halogenated alkanes) is 1. The molecule has 23 heavy (non-hydrogen) atoms. The fraction of sp³-hybridized carbons (Fsp3) is 0.222. The molecule has 1 heterocycles. The van der Waals surface area contributed by atoms with Crippen molar-refractivity contribution in [3.8, 4) is 5.75 Å². The summed E-state index contributed by atoms with van der Waals surface area (Å²) in [4.78, 5) is 25.8. The Morgan fingerprint density at radius 1 is 1.00 bits per heavy atom. The molecule has 2 amide bonds. The molecule has 2 aromatic carbocycles. The van der Waals surface area contributed by atoms with Gasteiger partial charge in [0, 0.05) is 0 Å². The Bertz CT molecular complexity index is 755. The molecule has 0 aromatic heterocycles. The van der Waals surface area contributed by atoms with E-state index < -0.39 is 17.6 Å². The maximum absolute atomic E-state index is 13.3. The van der Waals surface area contributed by atoms with Crippen LogP contribution in [-0.4, -0.2) is 18.4 Å². The zero-order valence-electron chi connectivity index (χ0n) is 12.7. The first-order valence-electron chi connectivity index (χ1n) is 7.53. The van der Waals surface area contributed by atoms with Crippen molar-refractivity contribution in [1.29, 1.82) is 0 Å². The van der Waals surface area contributed by atoms with Gasteiger partial charge in [-0.3, -0.25) is 9.59 Å². The largest absolute Gasteiger partial charge is 0.494 e. The third-order valence-electron chi connectivity index (χ3n) is 3.71. The van der Waals surface area contributed by atoms with Crippen LogP contribution in [0.5, 0.6) is 5.75 Å². The van der Waals surface area contributed by atoms with Crippen molar-refractivity contribution in [2.24, 2.45) is 0 Å². The smallest absolute Gasteiger partial charge is 0.266 e. The summed E-state index contributed by atoms with van der Waals surface area (Å²) in [6.07, 6.45) is 2.01. The zero-order valence-corrected chi connectivity index (χ0v) is 12.7. The van der Waals surface area contributed by atoms with E-state index in [2.05, 4.69) is 6.92 Å². The minimum absolute atomic E-state index is 0.0956. The molecule has 0 radical (unpaired) electrons. The van der Waals surface area contributed by atoms with Crippen LogP contribution in [0.25, 0.3) is 0 Å². The zero-order chi connectivity index (χ0) is 16.4. The van der Waals surface area contributed by atoms with Crippen LogP contribution in [0.3, 0.4) is 0 Å². The molecule has 0 atom stereocenters. The molecule has 0 aliphatic carbocycles. The van der Waals surface area contributed by atoms with Crippen LogP contribution in [0.15, 0.2) is 42.5 Å². The van der Waals surface area contributed by atoms with Gasteiger partial charge in [-0.05, 0) is 48.9 Å². The lowest BCUT2D eigenvalue weighted by atomic mass is 10.1. The minimum Gasteiger partial charge on any atom is -0.494 e. The van der Waals surface area contributed by atoms with E-state index in [0.717, 1.165) is 23.8 Å². The van der Waals surface area contributed by atoms with Crippen LogP contribution in [0.1, 0.15) is 40.5 Å². The number of rotatable bonds is 5. The summed E-state index contributed by atoms with van der Waals surface area (Å²) in [5.41, 5.74) is 0.761. The van der Waals surface area contributed by atoms with Crippen LogP contribution in [0.2, 0.25) is 0 Å². The average molecular weight is 313 g/mol. The molecule has 2 aromatic rings. The van der Waals surface area contributed by atoms with Crippen LogP contribution < -0.4 is 9.64 Å². The third kappa shape index (κ3) is 2.82. The second kappa shape index (κ2) is 6.20. The predicted molar refractivity (Wildman–Crippen MR) is 84.4 cm³/mol. The van der Waals surface area contributed by atoms with Crippen molar-refractivity contribution in [2.75, 3.05) is 11.5 Å². The molecule has 0 N–H and O–H groups in total. The second-order valence-electron chi connectivity index (χ2n) is 5.33. The number of carbonyl (C=O) groups is 2. The van der Waals surface area contributed by atoms with E-state index in [1.54, 1.807) is 24.3 Å². The monoisotopic (exact) mass is 313 g/mol. The van der Waals surface area contributed by atoms with Crippen LogP contribution >= 0.6 is 0 Å². The molecule has 0 bridgehead atoms. The fourth-order valence-electron chi connectivity index (χ4n) is 2.47. The highest BCUT2D eigenvalue weighted by molar-refractivity contribution is 6.34. The maximum Gasteiger partial charge on any atom is 0.266 e. The number of amides is 2. The van der Waals surface area contributed by atoms with Gasteiger partial charge < -0.3 is 4.74 Å². The first-order valence-corrected chi connectivity index (χ1v) is 7.53. The molecular weight excluding hydrogens is 297 g/mol. The van der Waals surface area contributed by atoms with Gasteiger partial charge >= 0.3 is 0 Å². The number of hydrogen-bond acceptors (Lipinski definition) is 3. The van der Waals surface area contributed by atoms with Gasteiger partial charge in [0.15, 0.2) is 0 Å². The molecular formula is C18H16FNO3. The Balaban J connectivity index is 1.83. The van der Waals surface area contributed by atoms with E-state index in [1.807, 2.05) is 0 Å². The maximum atomic E-state index is 13.3. The number of imide groups is 1. The Hall–Kier alpha value is -2.69. The molecule has 4 nitrogen and oxygen atoms in total. The van der Waals surface area contributed by atoms with Gasteiger partial charge in [0.05, 0.1) is 23.4 Å². The number of carbonyl (C=O) groups excluding carboxylic acids is 2. The van der Waals surface area contributed by atoms with Crippen molar-refractivity contribution in [3.63, 3.8) is 0 Å². The van der Waals surface area contributed by atoms with E-state index >= 15 is 0 Å². The normalized spacial score (nSPS) is 13.4. The van der Waals surface area contributed by atoms with Gasteiger partial charge in [-0.2, -0.15) is 0 Å². The van der Waals surface area contributed by atoms with Gasteiger partial charge in [-0.1, -0.05) is 13.3 Å². The summed E-state index contributed by atoms with van der Waals surface area (Å²) in [6, 6.07) is 10.4. The van der Waals surface area contributed by atoms with Crippen LogP contribution in [-0.2, 0) is 0 Å². The molecule has 0 saturated carbocycles. The summed E-state index contributed by atoms with van der Waals surface area (Å²) in [5, 5.41) is 0. The Labute approximate surface area is 133 Å².